The zero-order chi connectivity index (χ0) is 10.3. The van der Waals surface area contributed by atoms with Crippen LogP contribution >= 0.6 is 15.9 Å². The van der Waals surface area contributed by atoms with E-state index in [-0.39, 0.29) is 5.92 Å². The molecule has 2 atom stereocenters. The van der Waals surface area contributed by atoms with Crippen LogP contribution in [0.4, 0.5) is 0 Å². The lowest BCUT2D eigenvalue weighted by Crippen LogP contribution is -2.07. The molecule has 2 nitrogen and oxygen atoms in total. The van der Waals surface area contributed by atoms with Crippen molar-refractivity contribution in [3.8, 4) is 0 Å². The maximum atomic E-state index is 11.0. The van der Waals surface area contributed by atoms with Gasteiger partial charge in [0.2, 0.25) is 0 Å². The molecule has 0 saturated carbocycles. The molecule has 0 fully saturated rings. The van der Waals surface area contributed by atoms with Crippen LogP contribution in [-0.2, 0) is 4.79 Å². The van der Waals surface area contributed by atoms with Gasteiger partial charge in [-0.15, -0.1) is 0 Å². The van der Waals surface area contributed by atoms with Crippen molar-refractivity contribution in [2.24, 2.45) is 0 Å². The number of fused-ring (bicyclic) bond motifs is 1. The second kappa shape index (κ2) is 3.39. The van der Waals surface area contributed by atoms with E-state index in [1.54, 1.807) is 0 Å². The van der Waals surface area contributed by atoms with Crippen molar-refractivity contribution >= 4 is 21.9 Å². The topological polar surface area (TPSA) is 37.3 Å². The summed E-state index contributed by atoms with van der Waals surface area (Å²) < 4.78 is 0.955. The zero-order valence-electron chi connectivity index (χ0n) is 7.83. The van der Waals surface area contributed by atoms with Gasteiger partial charge in [-0.1, -0.05) is 28.9 Å². The van der Waals surface area contributed by atoms with Gasteiger partial charge in [0.1, 0.15) is 0 Å². The molecule has 0 amide bonds. The second-order valence-corrected chi connectivity index (χ2v) is 4.72. The van der Waals surface area contributed by atoms with Crippen molar-refractivity contribution in [1.82, 2.24) is 0 Å². The number of rotatable bonds is 1. The van der Waals surface area contributed by atoms with Crippen LogP contribution in [0.5, 0.6) is 0 Å². The lowest BCUT2D eigenvalue weighted by atomic mass is 10.0. The van der Waals surface area contributed by atoms with Crippen LogP contribution in [0.15, 0.2) is 22.7 Å². The molecule has 0 bridgehead atoms. The predicted octanol–water partition coefficient (Wildman–Crippen LogP) is 3.12. The van der Waals surface area contributed by atoms with Crippen molar-refractivity contribution in [3.63, 3.8) is 0 Å². The Balaban J connectivity index is 2.51. The van der Waals surface area contributed by atoms with E-state index in [0.717, 1.165) is 16.5 Å². The van der Waals surface area contributed by atoms with E-state index < -0.39 is 5.97 Å². The van der Waals surface area contributed by atoms with Gasteiger partial charge in [-0.3, -0.25) is 4.79 Å². The van der Waals surface area contributed by atoms with E-state index in [2.05, 4.69) is 22.9 Å². The molecule has 0 radical (unpaired) electrons. The Morgan fingerprint density at radius 1 is 1.50 bits per heavy atom. The molecule has 0 aromatic heterocycles. The van der Waals surface area contributed by atoms with Crippen LogP contribution in [0.2, 0.25) is 0 Å². The fourth-order valence-electron chi connectivity index (χ4n) is 2.14. The van der Waals surface area contributed by atoms with Gasteiger partial charge in [-0.2, -0.15) is 0 Å². The Labute approximate surface area is 91.1 Å². The predicted molar refractivity (Wildman–Crippen MR) is 57.6 cm³/mol. The van der Waals surface area contributed by atoms with Crippen molar-refractivity contribution < 1.29 is 9.90 Å². The number of benzene rings is 1. The van der Waals surface area contributed by atoms with E-state index in [1.807, 2.05) is 18.2 Å². The summed E-state index contributed by atoms with van der Waals surface area (Å²) >= 11 is 3.37. The van der Waals surface area contributed by atoms with E-state index in [4.69, 9.17) is 5.11 Å². The van der Waals surface area contributed by atoms with Crippen LogP contribution in [0.1, 0.15) is 36.3 Å². The standard InChI is InChI=1S/C11H11BrO2/c1-6-4-10(11(13)14)9-5-7(12)2-3-8(6)9/h2-3,5-6,10H,4H2,1H3,(H,13,14). The van der Waals surface area contributed by atoms with Gasteiger partial charge in [0.25, 0.3) is 0 Å². The van der Waals surface area contributed by atoms with E-state index in [0.29, 0.717) is 5.92 Å². The number of carboxylic acids is 1. The zero-order valence-corrected chi connectivity index (χ0v) is 9.41. The van der Waals surface area contributed by atoms with Crippen LogP contribution in [0.25, 0.3) is 0 Å². The van der Waals surface area contributed by atoms with Gasteiger partial charge in [0.05, 0.1) is 5.92 Å². The molecule has 0 spiro atoms. The average Bonchev–Trinajstić information content (AvgIpc) is 2.43. The van der Waals surface area contributed by atoms with Gasteiger partial charge in [-0.05, 0) is 35.6 Å². The fraction of sp³-hybridized carbons (Fsp3) is 0.364. The maximum Gasteiger partial charge on any atom is 0.311 e. The summed E-state index contributed by atoms with van der Waals surface area (Å²) in [5.41, 5.74) is 2.15. The first-order valence-corrected chi connectivity index (χ1v) is 5.41. The first-order valence-electron chi connectivity index (χ1n) is 4.61. The third-order valence-electron chi connectivity index (χ3n) is 2.84. The highest BCUT2D eigenvalue weighted by molar-refractivity contribution is 9.10. The molecule has 0 aliphatic heterocycles. The summed E-state index contributed by atoms with van der Waals surface area (Å²) in [7, 11) is 0. The van der Waals surface area contributed by atoms with Crippen LogP contribution < -0.4 is 0 Å². The number of aliphatic carboxylic acids is 1. The average molecular weight is 255 g/mol. The molecule has 74 valence electrons. The number of hydrogen-bond donors (Lipinski definition) is 1. The first-order chi connectivity index (χ1) is 6.59. The van der Waals surface area contributed by atoms with Crippen LogP contribution in [-0.4, -0.2) is 11.1 Å². The molecule has 2 rings (SSSR count). The molecule has 1 N–H and O–H groups in total. The number of carboxylic acid groups (broad SMARTS) is 1. The molecule has 0 saturated heterocycles. The van der Waals surface area contributed by atoms with Gasteiger partial charge in [-0.25, -0.2) is 0 Å². The Hall–Kier alpha value is -0.830. The number of carbonyl (C=O) groups is 1. The lowest BCUT2D eigenvalue weighted by molar-refractivity contribution is -0.138. The Morgan fingerprint density at radius 3 is 2.86 bits per heavy atom. The quantitative estimate of drug-likeness (QED) is 0.837. The number of hydrogen-bond acceptors (Lipinski definition) is 1. The van der Waals surface area contributed by atoms with Gasteiger partial charge in [0.15, 0.2) is 0 Å². The molecular formula is C11H11BrO2. The third-order valence-corrected chi connectivity index (χ3v) is 3.34. The Morgan fingerprint density at radius 2 is 2.21 bits per heavy atom. The minimum Gasteiger partial charge on any atom is -0.481 e. The van der Waals surface area contributed by atoms with Gasteiger partial charge < -0.3 is 5.11 Å². The highest BCUT2D eigenvalue weighted by atomic mass is 79.9. The highest BCUT2D eigenvalue weighted by Crippen LogP contribution is 2.42. The fourth-order valence-corrected chi connectivity index (χ4v) is 2.52. The van der Waals surface area contributed by atoms with Crippen molar-refractivity contribution in [1.29, 1.82) is 0 Å². The van der Waals surface area contributed by atoms with Crippen LogP contribution in [0.3, 0.4) is 0 Å². The van der Waals surface area contributed by atoms with Crippen molar-refractivity contribution in [2.45, 2.75) is 25.2 Å². The summed E-state index contributed by atoms with van der Waals surface area (Å²) in [6, 6.07) is 5.92. The van der Waals surface area contributed by atoms with Crippen LogP contribution in [0, 0.1) is 0 Å². The Kier molecular flexibility index (Phi) is 2.35. The minimum atomic E-state index is -0.714. The second-order valence-electron chi connectivity index (χ2n) is 3.80. The normalized spacial score (nSPS) is 24.7. The Bertz CT molecular complexity index is 387. The summed E-state index contributed by atoms with van der Waals surface area (Å²) in [6.07, 6.45) is 0.723. The molecular weight excluding hydrogens is 244 g/mol. The molecule has 3 heteroatoms. The lowest BCUT2D eigenvalue weighted by Gasteiger charge is -2.05. The monoisotopic (exact) mass is 254 g/mol. The van der Waals surface area contributed by atoms with Crippen molar-refractivity contribution in [2.75, 3.05) is 0 Å². The molecule has 1 aliphatic carbocycles. The van der Waals surface area contributed by atoms with Gasteiger partial charge >= 0.3 is 5.97 Å². The summed E-state index contributed by atoms with van der Waals surface area (Å²) in [5.74, 6) is -0.676. The third kappa shape index (κ3) is 1.46. The molecule has 1 aromatic carbocycles. The van der Waals surface area contributed by atoms with E-state index in [1.165, 1.54) is 5.56 Å². The largest absolute Gasteiger partial charge is 0.481 e. The summed E-state index contributed by atoms with van der Waals surface area (Å²) in [4.78, 5) is 11.0. The number of halogens is 1. The van der Waals surface area contributed by atoms with Crippen molar-refractivity contribution in [3.05, 3.63) is 33.8 Å². The maximum absolute atomic E-state index is 11.0. The molecule has 0 heterocycles. The van der Waals surface area contributed by atoms with E-state index in [9.17, 15) is 4.79 Å². The SMILES string of the molecule is CC1CC(C(=O)O)c2cc(Br)ccc21. The smallest absolute Gasteiger partial charge is 0.311 e. The summed E-state index contributed by atoms with van der Waals surface area (Å²) in [6.45, 7) is 2.08. The summed E-state index contributed by atoms with van der Waals surface area (Å²) in [5, 5.41) is 9.05. The van der Waals surface area contributed by atoms with Gasteiger partial charge in [0, 0.05) is 4.47 Å². The van der Waals surface area contributed by atoms with E-state index >= 15 is 0 Å². The molecule has 2 unspecified atom stereocenters. The first kappa shape index (κ1) is 9.71. The molecule has 1 aliphatic rings. The highest BCUT2D eigenvalue weighted by Gasteiger charge is 2.32. The molecule has 1 aromatic rings. The minimum absolute atomic E-state index is 0.322. The molecule has 14 heavy (non-hydrogen) atoms.